The number of nitrogens with one attached hydrogen (secondary N) is 3. The molecule has 4 N–H and O–H groups in total. The number of rotatable bonds is 4. The molecule has 0 radical (unpaired) electrons. The molecule has 0 saturated carbocycles. The molecule has 3 atom stereocenters. The van der Waals surface area contributed by atoms with E-state index in [1.807, 2.05) is 12.1 Å². The van der Waals surface area contributed by atoms with E-state index >= 15 is 0 Å². The number of furan rings is 1. The van der Waals surface area contributed by atoms with Gasteiger partial charge in [-0.3, -0.25) is 15.7 Å². The fourth-order valence-corrected chi connectivity index (χ4v) is 2.75. The Kier molecular flexibility index (Phi) is 3.65. The lowest BCUT2D eigenvalue weighted by atomic mass is 9.95. The van der Waals surface area contributed by atoms with Gasteiger partial charge in [0.1, 0.15) is 18.1 Å². The number of aliphatic imine (C=N–C) groups is 1. The van der Waals surface area contributed by atoms with Crippen molar-refractivity contribution < 1.29 is 9.52 Å². The molecule has 0 amide bonds. The maximum atomic E-state index is 8.98. The van der Waals surface area contributed by atoms with Crippen LogP contribution in [-0.4, -0.2) is 29.7 Å². The SMILES string of the molecule is CC1N=C(CCc2ccc(CO)o2)C2CNNC2N1. The van der Waals surface area contributed by atoms with Gasteiger partial charge in [-0.05, 0) is 25.5 Å². The second-order valence-electron chi connectivity index (χ2n) is 5.10. The first-order chi connectivity index (χ1) is 9.26. The molecule has 0 aliphatic carbocycles. The van der Waals surface area contributed by atoms with Crippen molar-refractivity contribution in [3.8, 4) is 0 Å². The molecule has 19 heavy (non-hydrogen) atoms. The molecule has 2 aliphatic rings. The molecular formula is C13H20N4O2. The molecule has 104 valence electrons. The van der Waals surface area contributed by atoms with Crippen molar-refractivity contribution in [3.05, 3.63) is 23.7 Å². The number of hydrazine groups is 1. The molecule has 3 unspecified atom stereocenters. The summed E-state index contributed by atoms with van der Waals surface area (Å²) in [7, 11) is 0. The van der Waals surface area contributed by atoms with Crippen molar-refractivity contribution in [2.24, 2.45) is 10.9 Å². The number of fused-ring (bicyclic) bond motifs is 1. The van der Waals surface area contributed by atoms with E-state index in [0.717, 1.165) is 25.1 Å². The molecule has 0 bridgehead atoms. The first-order valence-electron chi connectivity index (χ1n) is 6.75. The van der Waals surface area contributed by atoms with Gasteiger partial charge >= 0.3 is 0 Å². The summed E-state index contributed by atoms with van der Waals surface area (Å²) in [5, 5.41) is 12.4. The highest BCUT2D eigenvalue weighted by molar-refractivity contribution is 5.88. The summed E-state index contributed by atoms with van der Waals surface area (Å²) >= 11 is 0. The average molecular weight is 264 g/mol. The average Bonchev–Trinajstić information content (AvgIpc) is 3.03. The van der Waals surface area contributed by atoms with E-state index in [9.17, 15) is 0 Å². The standard InChI is InChI=1S/C13H20N4O2/c1-8-15-12(11-6-14-17-13(11)16-8)5-4-9-2-3-10(7-18)19-9/h2-3,8,11,13-14,16-18H,4-7H2,1H3. The number of aryl methyl sites for hydroxylation is 1. The van der Waals surface area contributed by atoms with Crippen LogP contribution < -0.4 is 16.2 Å². The normalized spacial score (nSPS) is 30.2. The minimum absolute atomic E-state index is 0.0412. The number of hydrogen-bond donors (Lipinski definition) is 4. The zero-order valence-corrected chi connectivity index (χ0v) is 11.0. The molecule has 3 rings (SSSR count). The Morgan fingerprint density at radius 3 is 3.00 bits per heavy atom. The summed E-state index contributed by atoms with van der Waals surface area (Å²) in [5.41, 5.74) is 7.64. The second kappa shape index (κ2) is 5.42. The summed E-state index contributed by atoms with van der Waals surface area (Å²) in [6.07, 6.45) is 2.14. The minimum Gasteiger partial charge on any atom is -0.464 e. The first-order valence-corrected chi connectivity index (χ1v) is 6.75. The predicted molar refractivity (Wildman–Crippen MR) is 71.4 cm³/mol. The lowest BCUT2D eigenvalue weighted by Gasteiger charge is -2.29. The third-order valence-electron chi connectivity index (χ3n) is 3.69. The quantitative estimate of drug-likeness (QED) is 0.622. The van der Waals surface area contributed by atoms with Crippen LogP contribution in [-0.2, 0) is 13.0 Å². The van der Waals surface area contributed by atoms with Gasteiger partial charge in [0, 0.05) is 24.6 Å². The van der Waals surface area contributed by atoms with Gasteiger partial charge in [0.25, 0.3) is 0 Å². The fourth-order valence-electron chi connectivity index (χ4n) is 2.75. The first kappa shape index (κ1) is 12.8. The van der Waals surface area contributed by atoms with Gasteiger partial charge in [-0.2, -0.15) is 0 Å². The van der Waals surface area contributed by atoms with Crippen LogP contribution in [0.15, 0.2) is 21.5 Å². The fraction of sp³-hybridized carbons (Fsp3) is 0.615. The number of aliphatic hydroxyl groups excluding tert-OH is 1. The van der Waals surface area contributed by atoms with Crippen LogP contribution in [0.4, 0.5) is 0 Å². The number of aliphatic hydroxyl groups is 1. The molecule has 6 nitrogen and oxygen atoms in total. The van der Waals surface area contributed by atoms with Crippen LogP contribution in [0, 0.1) is 5.92 Å². The van der Waals surface area contributed by atoms with Gasteiger partial charge in [0.2, 0.25) is 0 Å². The summed E-state index contributed by atoms with van der Waals surface area (Å²) in [6.45, 7) is 2.93. The van der Waals surface area contributed by atoms with Crippen molar-refractivity contribution in [2.75, 3.05) is 6.54 Å². The third kappa shape index (κ3) is 2.71. The van der Waals surface area contributed by atoms with Crippen molar-refractivity contribution in [1.82, 2.24) is 16.2 Å². The molecule has 6 heteroatoms. The second-order valence-corrected chi connectivity index (χ2v) is 5.10. The molecule has 1 fully saturated rings. The highest BCUT2D eigenvalue weighted by Crippen LogP contribution is 2.19. The Balaban J connectivity index is 1.64. The highest BCUT2D eigenvalue weighted by Gasteiger charge is 2.34. The van der Waals surface area contributed by atoms with Gasteiger partial charge in [0.05, 0.1) is 12.3 Å². The zero-order chi connectivity index (χ0) is 13.2. The summed E-state index contributed by atoms with van der Waals surface area (Å²) in [5.74, 6) is 1.94. The van der Waals surface area contributed by atoms with E-state index in [1.54, 1.807) is 0 Å². The molecule has 2 aliphatic heterocycles. The van der Waals surface area contributed by atoms with E-state index in [4.69, 9.17) is 14.5 Å². The van der Waals surface area contributed by atoms with Gasteiger partial charge in [-0.25, -0.2) is 5.43 Å². The van der Waals surface area contributed by atoms with Crippen LogP contribution in [0.25, 0.3) is 0 Å². The van der Waals surface area contributed by atoms with E-state index in [2.05, 4.69) is 23.1 Å². The van der Waals surface area contributed by atoms with Crippen LogP contribution in [0.5, 0.6) is 0 Å². The van der Waals surface area contributed by atoms with E-state index in [0.29, 0.717) is 11.7 Å². The van der Waals surface area contributed by atoms with Crippen molar-refractivity contribution in [1.29, 1.82) is 0 Å². The van der Waals surface area contributed by atoms with Crippen molar-refractivity contribution >= 4 is 5.71 Å². The minimum atomic E-state index is -0.0412. The van der Waals surface area contributed by atoms with Gasteiger partial charge in [-0.1, -0.05) is 0 Å². The Morgan fingerprint density at radius 2 is 2.21 bits per heavy atom. The maximum absolute atomic E-state index is 8.98. The molecule has 3 heterocycles. The largest absolute Gasteiger partial charge is 0.464 e. The van der Waals surface area contributed by atoms with Crippen LogP contribution in [0.1, 0.15) is 24.9 Å². The topological polar surface area (TPSA) is 81.8 Å². The maximum Gasteiger partial charge on any atom is 0.129 e. The number of hydrogen-bond acceptors (Lipinski definition) is 6. The molecule has 0 aromatic carbocycles. The smallest absolute Gasteiger partial charge is 0.129 e. The van der Waals surface area contributed by atoms with Crippen molar-refractivity contribution in [2.45, 2.75) is 38.7 Å². The van der Waals surface area contributed by atoms with Crippen LogP contribution in [0.2, 0.25) is 0 Å². The molecular weight excluding hydrogens is 244 g/mol. The Morgan fingerprint density at radius 1 is 1.37 bits per heavy atom. The third-order valence-corrected chi connectivity index (χ3v) is 3.69. The monoisotopic (exact) mass is 264 g/mol. The molecule has 1 aromatic rings. The van der Waals surface area contributed by atoms with Crippen molar-refractivity contribution in [3.63, 3.8) is 0 Å². The molecule has 1 saturated heterocycles. The molecule has 1 aromatic heterocycles. The van der Waals surface area contributed by atoms with E-state index in [1.165, 1.54) is 5.71 Å². The van der Waals surface area contributed by atoms with Gasteiger partial charge in [-0.15, -0.1) is 0 Å². The predicted octanol–water partition coefficient (Wildman–Crippen LogP) is 0.145. The van der Waals surface area contributed by atoms with Gasteiger partial charge in [0.15, 0.2) is 0 Å². The Labute approximate surface area is 112 Å². The number of nitrogens with zero attached hydrogens (tertiary/aromatic N) is 1. The van der Waals surface area contributed by atoms with E-state index < -0.39 is 0 Å². The Hall–Kier alpha value is -1.21. The summed E-state index contributed by atoms with van der Waals surface area (Å²) in [6, 6.07) is 3.75. The lowest BCUT2D eigenvalue weighted by molar-refractivity contribution is 0.243. The molecule has 0 spiro atoms. The highest BCUT2D eigenvalue weighted by atomic mass is 16.4. The zero-order valence-electron chi connectivity index (χ0n) is 11.0. The summed E-state index contributed by atoms with van der Waals surface area (Å²) in [4.78, 5) is 4.70. The van der Waals surface area contributed by atoms with Crippen LogP contribution >= 0.6 is 0 Å². The lowest BCUT2D eigenvalue weighted by Crippen LogP contribution is -2.52. The Bertz CT molecular complexity index is 471. The van der Waals surface area contributed by atoms with Crippen LogP contribution in [0.3, 0.4) is 0 Å². The van der Waals surface area contributed by atoms with E-state index in [-0.39, 0.29) is 18.9 Å². The summed E-state index contributed by atoms with van der Waals surface area (Å²) < 4.78 is 5.51. The van der Waals surface area contributed by atoms with Gasteiger partial charge < -0.3 is 9.52 Å².